The van der Waals surface area contributed by atoms with Gasteiger partial charge in [-0.05, 0) is 12.5 Å². The van der Waals surface area contributed by atoms with Gasteiger partial charge < -0.3 is 21.3 Å². The molecule has 1 amide bonds. The summed E-state index contributed by atoms with van der Waals surface area (Å²) >= 11 is 0. The number of pyridine rings is 1. The van der Waals surface area contributed by atoms with Crippen LogP contribution in [0.2, 0.25) is 0 Å². The maximum absolute atomic E-state index is 12.5. The van der Waals surface area contributed by atoms with E-state index in [1.165, 1.54) is 16.4 Å². The molecular weight excluding hydrogens is 452 g/mol. The monoisotopic (exact) mass is 472 g/mol. The third-order valence-electron chi connectivity index (χ3n) is 3.96. The fourth-order valence-electron chi connectivity index (χ4n) is 2.23. The molecule has 1 atom stereocenters. The van der Waals surface area contributed by atoms with E-state index in [0.29, 0.717) is 12.8 Å². The van der Waals surface area contributed by atoms with Crippen LogP contribution in [0, 0.1) is 5.92 Å². The number of sulfonamides is 1. The third-order valence-corrected chi connectivity index (χ3v) is 5.81. The van der Waals surface area contributed by atoms with Crippen LogP contribution in [0.3, 0.4) is 0 Å². The number of rotatable bonds is 7. The molecule has 0 bridgehead atoms. The molecule has 0 spiro atoms. The summed E-state index contributed by atoms with van der Waals surface area (Å²) in [7, 11) is -3.75. The summed E-state index contributed by atoms with van der Waals surface area (Å²) in [4.78, 5) is 23.9. The minimum absolute atomic E-state index is 0.0128. The van der Waals surface area contributed by atoms with Gasteiger partial charge in [-0.1, -0.05) is 0 Å². The summed E-state index contributed by atoms with van der Waals surface area (Å²) in [6, 6.07) is 2.72. The van der Waals surface area contributed by atoms with Gasteiger partial charge in [-0.25, -0.2) is 22.6 Å². The highest BCUT2D eigenvalue weighted by Gasteiger charge is 2.38. The number of aliphatic carboxylic acids is 1. The summed E-state index contributed by atoms with van der Waals surface area (Å²) in [5.74, 6) is -3.59. The summed E-state index contributed by atoms with van der Waals surface area (Å²) in [6.07, 6.45) is -3.16. The molecule has 0 radical (unpaired) electrons. The van der Waals surface area contributed by atoms with E-state index < -0.39 is 34.0 Å². The number of carboxylic acids is 1. The standard InChI is InChI=1S/C14H19FN4O4S.C2HF3O2/c15-5-10(6-16)9-23-13-2-1-12(7-18-13)24(21,22)19-4-3-11(8-19)14(17)20;3-2(4,5)1(6)7/h1-2,5,7,11H,3-4,6,8-9,16H2,(H2,17,20);(H,6,7)/b10-5+;/t11-;/m0./s1. The van der Waals surface area contributed by atoms with Crippen LogP contribution in [0.15, 0.2) is 35.1 Å². The Morgan fingerprint density at radius 3 is 2.35 bits per heavy atom. The van der Waals surface area contributed by atoms with E-state index in [-0.39, 0.29) is 42.6 Å². The molecule has 0 aromatic carbocycles. The number of hydrogen-bond acceptors (Lipinski definition) is 7. The molecule has 5 N–H and O–H groups in total. The molecule has 1 aliphatic heterocycles. The van der Waals surface area contributed by atoms with Crippen molar-refractivity contribution in [1.82, 2.24) is 9.29 Å². The lowest BCUT2D eigenvalue weighted by atomic mass is 10.1. The molecule has 31 heavy (non-hydrogen) atoms. The topological polar surface area (TPSA) is 166 Å². The van der Waals surface area contributed by atoms with Crippen LogP contribution in [0.4, 0.5) is 17.6 Å². The maximum atomic E-state index is 12.5. The lowest BCUT2D eigenvalue weighted by Crippen LogP contribution is -2.31. The van der Waals surface area contributed by atoms with Gasteiger partial charge >= 0.3 is 12.1 Å². The molecule has 0 saturated carbocycles. The van der Waals surface area contributed by atoms with Gasteiger partial charge in [0.05, 0.1) is 18.4 Å². The first kappa shape index (κ1) is 26.3. The normalized spacial score (nSPS) is 17.6. The van der Waals surface area contributed by atoms with E-state index in [4.69, 9.17) is 26.1 Å². The molecule has 1 aliphatic rings. The first-order valence-electron chi connectivity index (χ1n) is 8.49. The molecule has 10 nitrogen and oxygen atoms in total. The minimum atomic E-state index is -5.08. The molecule has 2 heterocycles. The number of halogens is 4. The summed E-state index contributed by atoms with van der Waals surface area (Å²) in [5.41, 5.74) is 10.8. The summed E-state index contributed by atoms with van der Waals surface area (Å²) in [5, 5.41) is 7.12. The smallest absolute Gasteiger partial charge is 0.475 e. The highest BCUT2D eigenvalue weighted by Crippen LogP contribution is 2.24. The number of carboxylic acid groups (broad SMARTS) is 1. The number of nitrogens with zero attached hydrogens (tertiary/aromatic N) is 2. The van der Waals surface area contributed by atoms with Crippen LogP contribution in [0.1, 0.15) is 6.42 Å². The van der Waals surface area contributed by atoms with Crippen molar-refractivity contribution >= 4 is 21.9 Å². The van der Waals surface area contributed by atoms with Crippen LogP contribution in [-0.4, -0.2) is 67.1 Å². The Bertz CT molecular complexity index is 906. The van der Waals surface area contributed by atoms with Crippen molar-refractivity contribution in [3.8, 4) is 5.88 Å². The van der Waals surface area contributed by atoms with E-state index in [1.54, 1.807) is 0 Å². The highest BCUT2D eigenvalue weighted by atomic mass is 32.2. The van der Waals surface area contributed by atoms with Crippen molar-refractivity contribution in [2.75, 3.05) is 26.2 Å². The van der Waals surface area contributed by atoms with Crippen LogP contribution in [-0.2, 0) is 19.6 Å². The van der Waals surface area contributed by atoms with Crippen molar-refractivity contribution in [2.24, 2.45) is 17.4 Å². The molecule has 1 aromatic rings. The van der Waals surface area contributed by atoms with Gasteiger partial charge in [-0.15, -0.1) is 0 Å². The molecular formula is C16H20F4N4O6S. The van der Waals surface area contributed by atoms with Crippen molar-refractivity contribution in [1.29, 1.82) is 0 Å². The number of alkyl halides is 3. The molecule has 0 aliphatic carbocycles. The SMILES string of the molecule is NC/C(=C\F)COc1ccc(S(=O)(=O)N2CC[C@H](C(N)=O)C2)cn1.O=C(O)C(F)(F)F. The second-order valence-corrected chi connectivity index (χ2v) is 8.08. The average Bonchev–Trinajstić information content (AvgIpc) is 3.20. The lowest BCUT2D eigenvalue weighted by molar-refractivity contribution is -0.192. The number of carbonyl (C=O) groups excluding carboxylic acids is 1. The Labute approximate surface area is 174 Å². The number of primary amides is 1. The van der Waals surface area contributed by atoms with Crippen molar-refractivity contribution < 1.29 is 45.4 Å². The van der Waals surface area contributed by atoms with E-state index in [2.05, 4.69) is 4.98 Å². The largest absolute Gasteiger partial charge is 0.490 e. The second kappa shape index (κ2) is 11.0. The van der Waals surface area contributed by atoms with Crippen LogP contribution < -0.4 is 16.2 Å². The molecule has 1 fully saturated rings. The van der Waals surface area contributed by atoms with Crippen LogP contribution in [0.25, 0.3) is 0 Å². The van der Waals surface area contributed by atoms with E-state index in [9.17, 15) is 30.8 Å². The summed E-state index contributed by atoms with van der Waals surface area (Å²) in [6.45, 7) is 0.240. The Morgan fingerprint density at radius 2 is 1.97 bits per heavy atom. The fraction of sp³-hybridized carbons (Fsp3) is 0.438. The number of carbonyl (C=O) groups is 2. The second-order valence-electron chi connectivity index (χ2n) is 6.15. The lowest BCUT2D eigenvalue weighted by Gasteiger charge is -2.16. The van der Waals surface area contributed by atoms with Crippen molar-refractivity contribution in [2.45, 2.75) is 17.5 Å². The number of hydrogen-bond donors (Lipinski definition) is 3. The first-order chi connectivity index (χ1) is 14.3. The molecule has 1 aromatic heterocycles. The quantitative estimate of drug-likeness (QED) is 0.480. The fourth-order valence-corrected chi connectivity index (χ4v) is 3.68. The molecule has 2 rings (SSSR count). The van der Waals surface area contributed by atoms with Gasteiger partial charge in [0.15, 0.2) is 0 Å². The predicted octanol–water partition coefficient (Wildman–Crippen LogP) is 0.402. The molecule has 15 heteroatoms. The number of aromatic nitrogens is 1. The van der Waals surface area contributed by atoms with Crippen molar-refractivity contribution in [3.05, 3.63) is 30.2 Å². The van der Waals surface area contributed by atoms with Gasteiger partial charge in [0.1, 0.15) is 11.5 Å². The third kappa shape index (κ3) is 7.76. The Kier molecular flexibility index (Phi) is 9.33. The highest BCUT2D eigenvalue weighted by molar-refractivity contribution is 7.89. The van der Waals surface area contributed by atoms with E-state index in [1.807, 2.05) is 0 Å². The van der Waals surface area contributed by atoms with Gasteiger partial charge in [0.25, 0.3) is 0 Å². The van der Waals surface area contributed by atoms with E-state index >= 15 is 0 Å². The Hall–Kier alpha value is -2.78. The Morgan fingerprint density at radius 1 is 1.35 bits per heavy atom. The zero-order valence-electron chi connectivity index (χ0n) is 15.9. The van der Waals surface area contributed by atoms with Gasteiger partial charge in [0.2, 0.25) is 21.8 Å². The van der Waals surface area contributed by atoms with Crippen LogP contribution in [0.5, 0.6) is 5.88 Å². The van der Waals surface area contributed by atoms with Gasteiger partial charge in [-0.2, -0.15) is 17.5 Å². The maximum Gasteiger partial charge on any atom is 0.490 e. The molecule has 0 unspecified atom stereocenters. The zero-order chi connectivity index (χ0) is 23.8. The minimum Gasteiger partial charge on any atom is -0.475 e. The number of amides is 1. The van der Waals surface area contributed by atoms with E-state index in [0.717, 1.165) is 6.20 Å². The predicted molar refractivity (Wildman–Crippen MR) is 97.7 cm³/mol. The molecule has 1 saturated heterocycles. The zero-order valence-corrected chi connectivity index (χ0v) is 16.7. The molecule has 174 valence electrons. The summed E-state index contributed by atoms with van der Waals surface area (Å²) < 4.78 is 75.5. The van der Waals surface area contributed by atoms with Crippen molar-refractivity contribution in [3.63, 3.8) is 0 Å². The average molecular weight is 472 g/mol. The van der Waals surface area contributed by atoms with Crippen LogP contribution >= 0.6 is 0 Å². The first-order valence-corrected chi connectivity index (χ1v) is 9.93. The van der Waals surface area contributed by atoms with Gasteiger partial charge in [-0.3, -0.25) is 4.79 Å². The Balaban J connectivity index is 0.000000592. The number of nitrogens with two attached hydrogens (primary N) is 2. The van der Waals surface area contributed by atoms with Gasteiger partial charge in [0, 0.05) is 31.3 Å². The number of ether oxygens (including phenoxy) is 1.